The lowest BCUT2D eigenvalue weighted by Gasteiger charge is -2.26. The molecule has 2 aromatic carbocycles. The highest BCUT2D eigenvalue weighted by Gasteiger charge is 2.24. The number of nitro benzene ring substituents is 1. The van der Waals surface area contributed by atoms with Gasteiger partial charge in [0.05, 0.1) is 11.0 Å². The van der Waals surface area contributed by atoms with Crippen LogP contribution >= 0.6 is 23.2 Å². The van der Waals surface area contributed by atoms with Crippen LogP contribution in [-0.2, 0) is 16.1 Å². The second-order valence-electron chi connectivity index (χ2n) is 6.68. The van der Waals surface area contributed by atoms with Crippen molar-refractivity contribution in [1.29, 1.82) is 0 Å². The summed E-state index contributed by atoms with van der Waals surface area (Å²) in [4.78, 5) is 24.7. The van der Waals surface area contributed by atoms with Crippen LogP contribution in [0, 0.1) is 10.1 Å². The van der Waals surface area contributed by atoms with Crippen molar-refractivity contribution in [3.05, 3.63) is 68.2 Å². The first kappa shape index (κ1) is 21.4. The summed E-state index contributed by atoms with van der Waals surface area (Å²) >= 11 is 12.2. The van der Waals surface area contributed by atoms with E-state index in [0.717, 1.165) is 18.4 Å². The number of nitrogens with zero attached hydrogens (tertiary/aromatic N) is 2. The van der Waals surface area contributed by atoms with Gasteiger partial charge in [-0.2, -0.15) is 0 Å². The van der Waals surface area contributed by atoms with E-state index in [0.29, 0.717) is 35.5 Å². The number of amides is 1. The van der Waals surface area contributed by atoms with Gasteiger partial charge in [0, 0.05) is 41.9 Å². The van der Waals surface area contributed by atoms with Crippen LogP contribution in [0.2, 0.25) is 10.0 Å². The van der Waals surface area contributed by atoms with Gasteiger partial charge in [-0.1, -0.05) is 29.3 Å². The molecule has 0 radical (unpaired) electrons. The monoisotopic (exact) mass is 438 g/mol. The molecule has 0 bridgehead atoms. The third kappa shape index (κ3) is 6.06. The molecule has 1 aliphatic rings. The first-order chi connectivity index (χ1) is 13.9. The van der Waals surface area contributed by atoms with Crippen LogP contribution in [0.3, 0.4) is 0 Å². The zero-order valence-electron chi connectivity index (χ0n) is 15.6. The molecule has 154 valence electrons. The number of hydrogen-bond donors (Lipinski definition) is 0. The van der Waals surface area contributed by atoms with Crippen LogP contribution in [0.15, 0.2) is 42.5 Å². The molecule has 1 amide bonds. The number of halogens is 2. The summed E-state index contributed by atoms with van der Waals surface area (Å²) in [6.07, 6.45) is 1.83. The van der Waals surface area contributed by atoms with Crippen LogP contribution < -0.4 is 4.74 Å². The van der Waals surface area contributed by atoms with Gasteiger partial charge in [0.25, 0.3) is 11.6 Å². The number of carbonyl (C=O) groups is 1. The lowest BCUT2D eigenvalue weighted by atomic mass is 10.1. The van der Waals surface area contributed by atoms with Crippen molar-refractivity contribution >= 4 is 34.8 Å². The quantitative estimate of drug-likeness (QED) is 0.447. The Bertz CT molecular complexity index is 870. The van der Waals surface area contributed by atoms with E-state index in [1.807, 2.05) is 0 Å². The minimum absolute atomic E-state index is 0.0237. The van der Waals surface area contributed by atoms with Gasteiger partial charge in [0.15, 0.2) is 6.61 Å². The van der Waals surface area contributed by atoms with E-state index < -0.39 is 4.92 Å². The topological polar surface area (TPSA) is 81.9 Å². The Morgan fingerprint density at radius 2 is 2.00 bits per heavy atom. The highest BCUT2D eigenvalue weighted by atomic mass is 35.5. The van der Waals surface area contributed by atoms with Crippen molar-refractivity contribution < 1.29 is 19.2 Å². The summed E-state index contributed by atoms with van der Waals surface area (Å²) in [7, 11) is 0. The van der Waals surface area contributed by atoms with Gasteiger partial charge in [-0.3, -0.25) is 14.9 Å². The molecular formula is C20H20Cl2N2O5. The summed E-state index contributed by atoms with van der Waals surface area (Å²) in [5.41, 5.74) is 0.735. The maximum atomic E-state index is 12.8. The van der Waals surface area contributed by atoms with Crippen molar-refractivity contribution in [2.45, 2.75) is 25.5 Å². The maximum Gasteiger partial charge on any atom is 0.269 e. The number of rotatable bonds is 8. The predicted molar refractivity (Wildman–Crippen MR) is 109 cm³/mol. The predicted octanol–water partition coefficient (Wildman–Crippen LogP) is 4.49. The fourth-order valence-corrected chi connectivity index (χ4v) is 3.51. The molecule has 0 saturated carbocycles. The van der Waals surface area contributed by atoms with Gasteiger partial charge in [-0.15, -0.1) is 0 Å². The number of ether oxygens (including phenoxy) is 2. The second-order valence-corrected chi connectivity index (χ2v) is 7.53. The normalized spacial score (nSPS) is 15.9. The van der Waals surface area contributed by atoms with Crippen LogP contribution in [0.25, 0.3) is 0 Å². The molecule has 0 N–H and O–H groups in total. The molecule has 0 unspecified atom stereocenters. The van der Waals surface area contributed by atoms with Crippen LogP contribution in [-0.4, -0.2) is 41.6 Å². The summed E-state index contributed by atoms with van der Waals surface area (Å²) in [6, 6.07) is 10.7. The number of non-ortho nitro benzene ring substituents is 1. The van der Waals surface area contributed by atoms with E-state index in [1.165, 1.54) is 24.3 Å². The summed E-state index contributed by atoms with van der Waals surface area (Å²) in [5.74, 6) is 0.149. The molecule has 9 heteroatoms. The van der Waals surface area contributed by atoms with E-state index in [2.05, 4.69) is 0 Å². The second kappa shape index (κ2) is 9.91. The van der Waals surface area contributed by atoms with Gasteiger partial charge >= 0.3 is 0 Å². The maximum absolute atomic E-state index is 12.8. The summed E-state index contributed by atoms with van der Waals surface area (Å²) in [6.45, 7) is 1.23. The van der Waals surface area contributed by atoms with Gasteiger partial charge < -0.3 is 14.4 Å². The molecule has 7 nitrogen and oxygen atoms in total. The molecule has 3 rings (SSSR count). The fourth-order valence-electron chi connectivity index (χ4n) is 3.04. The van der Waals surface area contributed by atoms with Crippen LogP contribution in [0.1, 0.15) is 18.4 Å². The highest BCUT2D eigenvalue weighted by molar-refractivity contribution is 6.35. The number of benzene rings is 2. The van der Waals surface area contributed by atoms with Crippen molar-refractivity contribution in [3.8, 4) is 5.75 Å². The molecule has 1 heterocycles. The largest absolute Gasteiger partial charge is 0.484 e. The van der Waals surface area contributed by atoms with Crippen molar-refractivity contribution in [2.24, 2.45) is 0 Å². The van der Waals surface area contributed by atoms with E-state index in [1.54, 1.807) is 23.1 Å². The van der Waals surface area contributed by atoms with Gasteiger partial charge in [-0.25, -0.2) is 0 Å². The Labute approximate surface area is 178 Å². The summed E-state index contributed by atoms with van der Waals surface area (Å²) < 4.78 is 11.2. The zero-order valence-corrected chi connectivity index (χ0v) is 17.1. The van der Waals surface area contributed by atoms with E-state index in [-0.39, 0.29) is 24.3 Å². The molecule has 1 atom stereocenters. The molecule has 0 aromatic heterocycles. The van der Waals surface area contributed by atoms with Gasteiger partial charge in [-0.05, 0) is 42.7 Å². The van der Waals surface area contributed by atoms with Gasteiger partial charge in [0.1, 0.15) is 5.75 Å². The van der Waals surface area contributed by atoms with E-state index in [4.69, 9.17) is 32.7 Å². The average molecular weight is 439 g/mol. The third-order valence-electron chi connectivity index (χ3n) is 4.59. The first-order valence-corrected chi connectivity index (χ1v) is 9.88. The van der Waals surface area contributed by atoms with Crippen molar-refractivity contribution in [1.82, 2.24) is 4.90 Å². The van der Waals surface area contributed by atoms with Gasteiger partial charge in [0.2, 0.25) is 0 Å². The lowest BCUT2D eigenvalue weighted by Crippen LogP contribution is -2.39. The number of carbonyl (C=O) groups excluding carboxylic acids is 1. The third-order valence-corrected chi connectivity index (χ3v) is 5.17. The van der Waals surface area contributed by atoms with Crippen LogP contribution in [0.4, 0.5) is 5.69 Å². The highest BCUT2D eigenvalue weighted by Crippen LogP contribution is 2.24. The Morgan fingerprint density at radius 1 is 1.24 bits per heavy atom. The van der Waals surface area contributed by atoms with Crippen molar-refractivity contribution in [3.63, 3.8) is 0 Å². The Kier molecular flexibility index (Phi) is 7.30. The lowest BCUT2D eigenvalue weighted by molar-refractivity contribution is -0.384. The molecule has 29 heavy (non-hydrogen) atoms. The van der Waals surface area contributed by atoms with Crippen molar-refractivity contribution in [2.75, 3.05) is 19.8 Å². The average Bonchev–Trinajstić information content (AvgIpc) is 3.21. The molecule has 0 aliphatic carbocycles. The van der Waals surface area contributed by atoms with E-state index in [9.17, 15) is 14.9 Å². The minimum Gasteiger partial charge on any atom is -0.484 e. The Hall–Kier alpha value is -2.35. The molecule has 1 saturated heterocycles. The Balaban J connectivity index is 1.66. The molecule has 1 fully saturated rings. The SMILES string of the molecule is O=C(COc1ccc([N+](=O)[O-])cc1)N(Cc1ccc(Cl)cc1Cl)C[C@H]1CCCO1. The molecular weight excluding hydrogens is 419 g/mol. The Morgan fingerprint density at radius 3 is 2.62 bits per heavy atom. The molecule has 0 spiro atoms. The van der Waals surface area contributed by atoms with E-state index >= 15 is 0 Å². The smallest absolute Gasteiger partial charge is 0.269 e. The standard InChI is InChI=1S/C20H20Cl2N2O5/c21-15-4-3-14(19(22)10-15)11-23(12-18-2-1-9-28-18)20(25)13-29-17-7-5-16(6-8-17)24(26)27/h3-8,10,18H,1-2,9,11-13H2/t18-/m1/s1. The van der Waals surface area contributed by atoms with Crippen LogP contribution in [0.5, 0.6) is 5.75 Å². The first-order valence-electron chi connectivity index (χ1n) is 9.13. The number of nitro groups is 1. The zero-order chi connectivity index (χ0) is 20.8. The molecule has 1 aliphatic heterocycles. The molecule has 2 aromatic rings. The minimum atomic E-state index is -0.492. The fraction of sp³-hybridized carbons (Fsp3) is 0.350. The summed E-state index contributed by atoms with van der Waals surface area (Å²) in [5, 5.41) is 11.7. The number of hydrogen-bond acceptors (Lipinski definition) is 5.